The number of rotatable bonds is 5. The van der Waals surface area contributed by atoms with Gasteiger partial charge in [-0.2, -0.15) is 0 Å². The lowest BCUT2D eigenvalue weighted by molar-refractivity contribution is 0.0165. The number of amides is 1. The van der Waals surface area contributed by atoms with E-state index in [-0.39, 0.29) is 18.1 Å². The van der Waals surface area contributed by atoms with Crippen LogP contribution in [-0.2, 0) is 4.74 Å². The number of nitrogens with one attached hydrogen (secondary N) is 1. The third-order valence-electron chi connectivity index (χ3n) is 3.64. The zero-order valence-corrected chi connectivity index (χ0v) is 14.2. The minimum absolute atomic E-state index is 0.0977. The third kappa shape index (κ3) is 7.14. The van der Waals surface area contributed by atoms with E-state index in [0.29, 0.717) is 5.92 Å². The van der Waals surface area contributed by atoms with Crippen molar-refractivity contribution in [2.75, 3.05) is 32.8 Å². The molecule has 5 heteroatoms. The van der Waals surface area contributed by atoms with E-state index >= 15 is 0 Å². The molecule has 21 heavy (non-hydrogen) atoms. The summed E-state index contributed by atoms with van der Waals surface area (Å²) in [5.41, 5.74) is -0.535. The molecule has 1 amide bonds. The first-order valence-corrected chi connectivity index (χ1v) is 7.92. The normalized spacial score (nSPS) is 20.5. The Labute approximate surface area is 129 Å². The van der Waals surface area contributed by atoms with Crippen molar-refractivity contribution in [2.45, 2.75) is 53.1 Å². The van der Waals surface area contributed by atoms with E-state index in [4.69, 9.17) is 4.74 Å². The Morgan fingerprint density at radius 1 is 1.33 bits per heavy atom. The molecule has 0 radical (unpaired) electrons. The summed E-state index contributed by atoms with van der Waals surface area (Å²) in [6, 6.07) is 0. The summed E-state index contributed by atoms with van der Waals surface area (Å²) in [4.78, 5) is 13.9. The quantitative estimate of drug-likeness (QED) is 0.817. The molecule has 5 nitrogen and oxygen atoms in total. The highest BCUT2D eigenvalue weighted by atomic mass is 16.6. The van der Waals surface area contributed by atoms with Crippen LogP contribution in [0.15, 0.2) is 0 Å². The lowest BCUT2D eigenvalue weighted by atomic mass is 9.93. The Morgan fingerprint density at radius 3 is 2.57 bits per heavy atom. The van der Waals surface area contributed by atoms with Gasteiger partial charge in [0.05, 0.1) is 0 Å². The number of aliphatic hydroxyl groups is 1. The fourth-order valence-electron chi connectivity index (χ4n) is 2.39. The number of hydrogen-bond donors (Lipinski definition) is 2. The monoisotopic (exact) mass is 300 g/mol. The van der Waals surface area contributed by atoms with Gasteiger partial charge < -0.3 is 20.1 Å². The van der Waals surface area contributed by atoms with Crippen molar-refractivity contribution in [3.63, 3.8) is 0 Å². The second kappa shape index (κ2) is 7.45. The number of carbonyl (C=O) groups excluding carboxylic acids is 1. The van der Waals surface area contributed by atoms with Crippen LogP contribution >= 0.6 is 0 Å². The Kier molecular flexibility index (Phi) is 6.47. The molecule has 1 saturated heterocycles. The van der Waals surface area contributed by atoms with Gasteiger partial charge in [0.25, 0.3) is 0 Å². The van der Waals surface area contributed by atoms with Gasteiger partial charge in [0.2, 0.25) is 0 Å². The van der Waals surface area contributed by atoms with Crippen LogP contribution in [-0.4, -0.2) is 54.5 Å². The molecule has 1 atom stereocenters. The van der Waals surface area contributed by atoms with Gasteiger partial charge >= 0.3 is 6.09 Å². The average molecular weight is 300 g/mol. The van der Waals surface area contributed by atoms with Crippen LogP contribution in [0.25, 0.3) is 0 Å². The minimum Gasteiger partial charge on any atom is -0.444 e. The highest BCUT2D eigenvalue weighted by molar-refractivity contribution is 5.68. The molecule has 0 spiro atoms. The van der Waals surface area contributed by atoms with Gasteiger partial charge in [-0.25, -0.2) is 4.79 Å². The van der Waals surface area contributed by atoms with Crippen molar-refractivity contribution in [1.29, 1.82) is 0 Å². The van der Waals surface area contributed by atoms with Crippen LogP contribution in [0.3, 0.4) is 0 Å². The summed E-state index contributed by atoms with van der Waals surface area (Å²) >= 11 is 0. The molecular weight excluding hydrogens is 268 g/mol. The van der Waals surface area contributed by atoms with Crippen LogP contribution in [0, 0.1) is 11.3 Å². The van der Waals surface area contributed by atoms with Crippen LogP contribution in [0.2, 0.25) is 0 Å². The van der Waals surface area contributed by atoms with Crippen LogP contribution < -0.4 is 5.32 Å². The molecule has 1 aliphatic heterocycles. The highest BCUT2D eigenvalue weighted by Crippen LogP contribution is 2.19. The maximum atomic E-state index is 12.1. The molecule has 1 heterocycles. The standard InChI is InChI=1S/C16H32N2O3/c1-15(2,3)21-14(20)18-8-6-7-13(10-18)9-17-11-16(4,5)12-19/h13,17,19H,6-12H2,1-5H3. The fourth-order valence-corrected chi connectivity index (χ4v) is 2.39. The summed E-state index contributed by atoms with van der Waals surface area (Å²) in [6.07, 6.45) is 1.95. The predicted molar refractivity (Wildman–Crippen MR) is 84.3 cm³/mol. The molecular formula is C16H32N2O3. The molecule has 124 valence electrons. The Hall–Kier alpha value is -0.810. The molecule has 0 saturated carbocycles. The maximum absolute atomic E-state index is 12.1. The Morgan fingerprint density at radius 2 is 2.00 bits per heavy atom. The highest BCUT2D eigenvalue weighted by Gasteiger charge is 2.27. The lowest BCUT2D eigenvalue weighted by Crippen LogP contribution is -2.45. The van der Waals surface area contributed by atoms with Gasteiger partial charge in [0.1, 0.15) is 5.60 Å². The van der Waals surface area contributed by atoms with Crippen molar-refractivity contribution in [3.05, 3.63) is 0 Å². The van der Waals surface area contributed by atoms with Crippen LogP contribution in [0.4, 0.5) is 4.79 Å². The largest absolute Gasteiger partial charge is 0.444 e. The molecule has 1 unspecified atom stereocenters. The number of hydrogen-bond acceptors (Lipinski definition) is 4. The number of carbonyl (C=O) groups is 1. The van der Waals surface area contributed by atoms with Crippen molar-refractivity contribution in [3.8, 4) is 0 Å². The summed E-state index contributed by atoms with van der Waals surface area (Å²) in [7, 11) is 0. The first kappa shape index (κ1) is 18.2. The Balaban J connectivity index is 2.37. The van der Waals surface area contributed by atoms with Crippen molar-refractivity contribution in [1.82, 2.24) is 10.2 Å². The molecule has 2 N–H and O–H groups in total. The summed E-state index contributed by atoms with van der Waals surface area (Å²) in [5, 5.41) is 12.7. The predicted octanol–water partition coefficient (Wildman–Crippen LogP) is 2.24. The van der Waals surface area contributed by atoms with E-state index in [1.807, 2.05) is 39.5 Å². The Bertz CT molecular complexity index is 337. The molecule has 0 aromatic carbocycles. The second-order valence-corrected chi connectivity index (χ2v) is 7.89. The van der Waals surface area contributed by atoms with E-state index in [0.717, 1.165) is 39.0 Å². The SMILES string of the molecule is CC(C)(CO)CNCC1CCCN(C(=O)OC(C)(C)C)C1. The number of likely N-dealkylation sites (tertiary alicyclic amines) is 1. The summed E-state index contributed by atoms with van der Waals surface area (Å²) in [6.45, 7) is 13.1. The summed E-state index contributed by atoms with van der Waals surface area (Å²) in [5.74, 6) is 0.459. The second-order valence-electron chi connectivity index (χ2n) is 7.89. The molecule has 1 fully saturated rings. The molecule has 0 aromatic rings. The van der Waals surface area contributed by atoms with Gasteiger partial charge in [0.15, 0.2) is 0 Å². The van der Waals surface area contributed by atoms with E-state index in [2.05, 4.69) is 5.32 Å². The van der Waals surface area contributed by atoms with E-state index in [9.17, 15) is 9.90 Å². The maximum Gasteiger partial charge on any atom is 0.410 e. The first-order chi connectivity index (χ1) is 9.63. The molecule has 1 rings (SSSR count). The third-order valence-corrected chi connectivity index (χ3v) is 3.64. The van der Waals surface area contributed by atoms with Crippen molar-refractivity contribution in [2.24, 2.45) is 11.3 Å². The van der Waals surface area contributed by atoms with Gasteiger partial charge in [-0.1, -0.05) is 13.8 Å². The number of aliphatic hydroxyl groups excluding tert-OH is 1. The molecule has 0 aromatic heterocycles. The van der Waals surface area contributed by atoms with Crippen LogP contribution in [0.5, 0.6) is 0 Å². The zero-order valence-electron chi connectivity index (χ0n) is 14.2. The van der Waals surface area contributed by atoms with Gasteiger partial charge in [-0.05, 0) is 46.1 Å². The van der Waals surface area contributed by atoms with Crippen molar-refractivity contribution >= 4 is 6.09 Å². The van der Waals surface area contributed by atoms with Gasteiger partial charge in [0, 0.05) is 31.7 Å². The van der Waals surface area contributed by atoms with Gasteiger partial charge in [-0.15, -0.1) is 0 Å². The van der Waals surface area contributed by atoms with Crippen LogP contribution in [0.1, 0.15) is 47.5 Å². The van der Waals surface area contributed by atoms with E-state index in [1.54, 1.807) is 0 Å². The van der Waals surface area contributed by atoms with E-state index < -0.39 is 5.60 Å². The molecule has 1 aliphatic rings. The average Bonchev–Trinajstić information content (AvgIpc) is 2.37. The zero-order chi connectivity index (χ0) is 16.1. The first-order valence-electron chi connectivity index (χ1n) is 7.92. The van der Waals surface area contributed by atoms with E-state index in [1.165, 1.54) is 0 Å². The minimum atomic E-state index is -0.437. The fraction of sp³-hybridized carbons (Fsp3) is 0.938. The summed E-state index contributed by atoms with van der Waals surface area (Å²) < 4.78 is 5.44. The number of piperidine rings is 1. The van der Waals surface area contributed by atoms with Crippen molar-refractivity contribution < 1.29 is 14.6 Å². The smallest absolute Gasteiger partial charge is 0.410 e. The molecule has 0 aliphatic carbocycles. The topological polar surface area (TPSA) is 61.8 Å². The number of ether oxygens (including phenoxy) is 1. The molecule has 0 bridgehead atoms. The van der Waals surface area contributed by atoms with Gasteiger partial charge in [-0.3, -0.25) is 0 Å². The number of nitrogens with zero attached hydrogens (tertiary/aromatic N) is 1. The lowest BCUT2D eigenvalue weighted by Gasteiger charge is -2.34.